The van der Waals surface area contributed by atoms with Crippen LogP contribution in [0.3, 0.4) is 0 Å². The van der Waals surface area contributed by atoms with Crippen molar-refractivity contribution in [3.63, 3.8) is 0 Å². The highest BCUT2D eigenvalue weighted by atomic mass is 32.1. The van der Waals surface area contributed by atoms with E-state index in [-0.39, 0.29) is 5.91 Å². The first-order chi connectivity index (χ1) is 16.0. The van der Waals surface area contributed by atoms with E-state index < -0.39 is 0 Å². The molecular formula is C27H29N3O2S. The minimum absolute atomic E-state index is 0.133. The Morgan fingerprint density at radius 2 is 1.76 bits per heavy atom. The van der Waals surface area contributed by atoms with Crippen LogP contribution in [0.25, 0.3) is 11.6 Å². The summed E-state index contributed by atoms with van der Waals surface area (Å²) >= 11 is 5.49. The molecule has 0 unspecified atom stereocenters. The second-order valence-electron chi connectivity index (χ2n) is 7.90. The van der Waals surface area contributed by atoms with Gasteiger partial charge < -0.3 is 14.5 Å². The molecule has 0 aromatic heterocycles. The van der Waals surface area contributed by atoms with E-state index in [2.05, 4.69) is 61.2 Å². The summed E-state index contributed by atoms with van der Waals surface area (Å²) in [6.45, 7) is 8.52. The van der Waals surface area contributed by atoms with Gasteiger partial charge in [0, 0.05) is 44.0 Å². The van der Waals surface area contributed by atoms with Gasteiger partial charge in [-0.05, 0) is 62.3 Å². The maximum absolute atomic E-state index is 13.1. The van der Waals surface area contributed by atoms with E-state index in [0.29, 0.717) is 23.1 Å². The number of hydrogen-bond donors (Lipinski definition) is 0. The van der Waals surface area contributed by atoms with Crippen molar-refractivity contribution in [2.75, 3.05) is 31.6 Å². The molecule has 2 aliphatic rings. The number of carbonyl (C=O) groups is 1. The lowest BCUT2D eigenvalue weighted by Gasteiger charge is -2.25. The van der Waals surface area contributed by atoms with E-state index in [1.54, 1.807) is 9.80 Å². The molecule has 0 spiro atoms. The Morgan fingerprint density at radius 3 is 2.39 bits per heavy atom. The standard InChI is InChI=1S/C27H29N3O2S/c1-5-29(6-2)21-15-16-22-20(14-13-19-11-9-8-10-12-19)17-24(32-23(22)18-21)25-26(31)30(7-3)27(33)28(25)4/h8-18H,5-7H2,1-4H3/b14-13?,25-24-. The minimum atomic E-state index is -0.133. The van der Waals surface area contributed by atoms with Crippen LogP contribution in [0.15, 0.2) is 72.1 Å². The Balaban J connectivity index is 1.84. The highest BCUT2D eigenvalue weighted by Gasteiger charge is 2.38. The molecule has 170 valence electrons. The number of likely N-dealkylation sites (N-methyl/N-ethyl adjacent to an activating group) is 2. The predicted octanol–water partition coefficient (Wildman–Crippen LogP) is 5.31. The molecule has 2 aliphatic heterocycles. The summed E-state index contributed by atoms with van der Waals surface area (Å²) in [6, 6.07) is 16.4. The Kier molecular flexibility index (Phi) is 6.65. The Labute approximate surface area is 201 Å². The molecule has 0 atom stereocenters. The molecular weight excluding hydrogens is 430 g/mol. The van der Waals surface area contributed by atoms with Gasteiger partial charge in [-0.3, -0.25) is 9.69 Å². The number of nitrogens with zero attached hydrogens (tertiary/aromatic N) is 3. The Bertz CT molecular complexity index is 1160. The third-order valence-electron chi connectivity index (χ3n) is 6.02. The quantitative estimate of drug-likeness (QED) is 0.432. The van der Waals surface area contributed by atoms with Crippen molar-refractivity contribution in [3.8, 4) is 5.75 Å². The van der Waals surface area contributed by atoms with Crippen LogP contribution in [0.4, 0.5) is 5.69 Å². The van der Waals surface area contributed by atoms with E-state index in [9.17, 15) is 4.79 Å². The van der Waals surface area contributed by atoms with Gasteiger partial charge in [-0.2, -0.15) is 0 Å². The molecule has 5 nitrogen and oxygen atoms in total. The zero-order valence-electron chi connectivity index (χ0n) is 19.5. The Hall–Kier alpha value is -3.38. The third kappa shape index (κ3) is 4.31. The van der Waals surface area contributed by atoms with Crippen LogP contribution in [0.5, 0.6) is 5.75 Å². The highest BCUT2D eigenvalue weighted by molar-refractivity contribution is 7.80. The molecule has 0 N–H and O–H groups in total. The lowest BCUT2D eigenvalue weighted by atomic mass is 9.99. The number of amides is 1. The van der Waals surface area contributed by atoms with Crippen molar-refractivity contribution in [2.24, 2.45) is 0 Å². The fourth-order valence-electron chi connectivity index (χ4n) is 4.18. The summed E-state index contributed by atoms with van der Waals surface area (Å²) < 4.78 is 6.35. The molecule has 1 fully saturated rings. The van der Waals surface area contributed by atoms with E-state index in [0.717, 1.165) is 41.2 Å². The molecule has 0 saturated carbocycles. The molecule has 2 aromatic rings. The van der Waals surface area contributed by atoms with Crippen molar-refractivity contribution in [3.05, 3.63) is 83.3 Å². The molecule has 0 radical (unpaired) electrons. The van der Waals surface area contributed by atoms with Crippen molar-refractivity contribution in [1.82, 2.24) is 9.80 Å². The number of fused-ring (bicyclic) bond motifs is 1. The molecule has 1 amide bonds. The van der Waals surface area contributed by atoms with Crippen molar-refractivity contribution >= 4 is 40.6 Å². The number of benzene rings is 2. The summed E-state index contributed by atoms with van der Waals surface area (Å²) in [5.41, 5.74) is 4.63. The molecule has 0 aliphatic carbocycles. The largest absolute Gasteiger partial charge is 0.454 e. The van der Waals surface area contributed by atoms with E-state index in [4.69, 9.17) is 17.0 Å². The van der Waals surface area contributed by atoms with Crippen LogP contribution >= 0.6 is 12.2 Å². The topological polar surface area (TPSA) is 36.0 Å². The second-order valence-corrected chi connectivity index (χ2v) is 8.27. The van der Waals surface area contributed by atoms with Crippen molar-refractivity contribution in [1.29, 1.82) is 0 Å². The number of rotatable bonds is 6. The monoisotopic (exact) mass is 459 g/mol. The molecule has 2 aromatic carbocycles. The average Bonchev–Trinajstić information content (AvgIpc) is 3.05. The maximum Gasteiger partial charge on any atom is 0.280 e. The number of thiocarbonyl (C=S) groups is 1. The zero-order valence-corrected chi connectivity index (χ0v) is 20.4. The van der Waals surface area contributed by atoms with Gasteiger partial charge in [0.1, 0.15) is 5.75 Å². The number of carbonyl (C=O) groups excluding carboxylic acids is 1. The SMILES string of the molecule is CCN1C(=O)/C(=C2\C=C(C=Cc3ccccc3)c3ccc(N(CC)CC)cc3O2)N(C)C1=S. The number of ether oxygens (including phenoxy) is 1. The smallest absolute Gasteiger partial charge is 0.280 e. The lowest BCUT2D eigenvalue weighted by Crippen LogP contribution is -2.30. The van der Waals surface area contributed by atoms with Gasteiger partial charge in [-0.15, -0.1) is 0 Å². The molecule has 0 bridgehead atoms. The average molecular weight is 460 g/mol. The first-order valence-corrected chi connectivity index (χ1v) is 11.7. The van der Waals surface area contributed by atoms with Crippen LogP contribution in [0, 0.1) is 0 Å². The van der Waals surface area contributed by atoms with Crippen molar-refractivity contribution < 1.29 is 9.53 Å². The second kappa shape index (κ2) is 9.63. The van der Waals surface area contributed by atoms with E-state index in [1.165, 1.54) is 0 Å². The third-order valence-corrected chi connectivity index (χ3v) is 6.51. The van der Waals surface area contributed by atoms with Gasteiger partial charge in [0.15, 0.2) is 16.6 Å². The van der Waals surface area contributed by atoms with Gasteiger partial charge >= 0.3 is 0 Å². The maximum atomic E-state index is 13.1. The minimum Gasteiger partial charge on any atom is -0.454 e. The molecule has 4 rings (SSSR count). The predicted molar refractivity (Wildman–Crippen MR) is 139 cm³/mol. The van der Waals surface area contributed by atoms with Crippen LogP contribution < -0.4 is 9.64 Å². The van der Waals surface area contributed by atoms with E-state index >= 15 is 0 Å². The summed E-state index contributed by atoms with van der Waals surface area (Å²) in [6.07, 6.45) is 6.08. The molecule has 33 heavy (non-hydrogen) atoms. The molecule has 1 saturated heterocycles. The first kappa shape index (κ1) is 22.8. The Morgan fingerprint density at radius 1 is 1.03 bits per heavy atom. The van der Waals surface area contributed by atoms with Gasteiger partial charge in [0.2, 0.25) is 0 Å². The highest BCUT2D eigenvalue weighted by Crippen LogP contribution is 2.39. The number of allylic oxidation sites excluding steroid dienone is 3. The number of hydrogen-bond acceptors (Lipinski definition) is 4. The van der Waals surface area contributed by atoms with Gasteiger partial charge in [0.05, 0.1) is 0 Å². The normalized spacial score (nSPS) is 18.0. The summed E-state index contributed by atoms with van der Waals surface area (Å²) in [5, 5.41) is 0.492. The summed E-state index contributed by atoms with van der Waals surface area (Å²) in [5.74, 6) is 1.11. The van der Waals surface area contributed by atoms with E-state index in [1.807, 2.05) is 38.2 Å². The summed E-state index contributed by atoms with van der Waals surface area (Å²) in [7, 11) is 1.82. The van der Waals surface area contributed by atoms with Crippen molar-refractivity contribution in [2.45, 2.75) is 20.8 Å². The number of anilines is 1. The lowest BCUT2D eigenvalue weighted by molar-refractivity contribution is -0.122. The fourth-order valence-corrected chi connectivity index (χ4v) is 4.48. The fraction of sp³-hybridized carbons (Fsp3) is 0.259. The first-order valence-electron chi connectivity index (χ1n) is 11.3. The van der Waals surface area contributed by atoms with Crippen LogP contribution in [0.2, 0.25) is 0 Å². The van der Waals surface area contributed by atoms with Crippen LogP contribution in [-0.2, 0) is 4.79 Å². The van der Waals surface area contributed by atoms with Gasteiger partial charge in [-0.25, -0.2) is 0 Å². The summed E-state index contributed by atoms with van der Waals surface area (Å²) in [4.78, 5) is 18.7. The molecule has 2 heterocycles. The van der Waals surface area contributed by atoms with Crippen LogP contribution in [-0.4, -0.2) is 47.5 Å². The van der Waals surface area contributed by atoms with Crippen LogP contribution in [0.1, 0.15) is 31.9 Å². The van der Waals surface area contributed by atoms with Gasteiger partial charge in [0.25, 0.3) is 5.91 Å². The molecule has 6 heteroatoms. The zero-order chi connectivity index (χ0) is 23.5. The van der Waals surface area contributed by atoms with Gasteiger partial charge in [-0.1, -0.05) is 42.5 Å².